The van der Waals surface area contributed by atoms with Gasteiger partial charge in [0.2, 0.25) is 0 Å². The zero-order valence-electron chi connectivity index (χ0n) is 10.9. The number of methoxy groups -OCH3 is 1. The van der Waals surface area contributed by atoms with Crippen LogP contribution < -0.4 is 9.47 Å². The Labute approximate surface area is 107 Å². The maximum Gasteiger partial charge on any atom is 0.305 e. The first-order valence-corrected chi connectivity index (χ1v) is 5.68. The van der Waals surface area contributed by atoms with E-state index in [-0.39, 0.29) is 12.5 Å². The number of aliphatic carboxylic acids is 1. The van der Waals surface area contributed by atoms with E-state index in [1.807, 2.05) is 37.2 Å². The van der Waals surface area contributed by atoms with Crippen LogP contribution in [-0.4, -0.2) is 49.8 Å². The van der Waals surface area contributed by atoms with E-state index in [1.165, 1.54) is 0 Å². The molecule has 1 aromatic rings. The lowest BCUT2D eigenvalue weighted by molar-refractivity contribution is -0.138. The summed E-state index contributed by atoms with van der Waals surface area (Å²) in [7, 11) is 5.26. The molecule has 100 valence electrons. The molecule has 0 saturated heterocycles. The molecule has 0 aliphatic carbocycles. The predicted molar refractivity (Wildman–Crippen MR) is 68.2 cm³/mol. The molecule has 0 aromatic heterocycles. The van der Waals surface area contributed by atoms with Crippen molar-refractivity contribution in [3.63, 3.8) is 0 Å². The van der Waals surface area contributed by atoms with Crippen molar-refractivity contribution in [2.45, 2.75) is 12.5 Å². The second-order valence-electron chi connectivity index (χ2n) is 4.21. The van der Waals surface area contributed by atoms with Gasteiger partial charge >= 0.3 is 5.97 Å². The highest BCUT2D eigenvalue weighted by Crippen LogP contribution is 2.19. The Balaban J connectivity index is 2.57. The average Bonchev–Trinajstić information content (AvgIpc) is 2.34. The largest absolute Gasteiger partial charge is 0.497 e. The van der Waals surface area contributed by atoms with Gasteiger partial charge in [0.1, 0.15) is 18.1 Å². The van der Waals surface area contributed by atoms with E-state index in [9.17, 15) is 4.79 Å². The summed E-state index contributed by atoms with van der Waals surface area (Å²) in [6.07, 6.45) is 0.0525. The number of nitrogens with zero attached hydrogens (tertiary/aromatic N) is 1. The highest BCUT2D eigenvalue weighted by Gasteiger charge is 2.16. The molecule has 18 heavy (non-hydrogen) atoms. The van der Waals surface area contributed by atoms with E-state index in [2.05, 4.69) is 0 Å². The fourth-order valence-electron chi connectivity index (χ4n) is 1.48. The summed E-state index contributed by atoms with van der Waals surface area (Å²) in [5, 5.41) is 8.81. The summed E-state index contributed by atoms with van der Waals surface area (Å²) in [6.45, 7) is 0.326. The van der Waals surface area contributed by atoms with Crippen molar-refractivity contribution in [3.05, 3.63) is 24.3 Å². The number of carbonyl (C=O) groups is 1. The number of carboxylic acids is 1. The van der Waals surface area contributed by atoms with Crippen molar-refractivity contribution < 1.29 is 19.4 Å². The second-order valence-corrected chi connectivity index (χ2v) is 4.21. The summed E-state index contributed by atoms with van der Waals surface area (Å²) >= 11 is 0. The maximum absolute atomic E-state index is 10.7. The molecule has 0 saturated carbocycles. The summed E-state index contributed by atoms with van der Waals surface area (Å²) in [5.41, 5.74) is 0. The molecule has 0 fully saturated rings. The van der Waals surface area contributed by atoms with E-state index in [4.69, 9.17) is 14.6 Å². The minimum absolute atomic E-state index is 0.0525. The Morgan fingerprint density at radius 1 is 1.39 bits per heavy atom. The lowest BCUT2D eigenvalue weighted by Gasteiger charge is -2.22. The standard InChI is InChI=1S/C13H19NO4/c1-14(2)10(7-13(15)16)9-18-12-6-4-5-11(8-12)17-3/h4-6,8,10H,7,9H2,1-3H3,(H,15,16). The maximum atomic E-state index is 10.7. The summed E-state index contributed by atoms with van der Waals surface area (Å²) in [4.78, 5) is 12.6. The zero-order valence-corrected chi connectivity index (χ0v) is 10.9. The van der Waals surface area contributed by atoms with Crippen LogP contribution in [0.25, 0.3) is 0 Å². The van der Waals surface area contributed by atoms with Gasteiger partial charge in [0, 0.05) is 6.07 Å². The number of carboxylic acid groups (broad SMARTS) is 1. The molecule has 5 nitrogen and oxygen atoms in total. The lowest BCUT2D eigenvalue weighted by Crippen LogP contribution is -2.35. The van der Waals surface area contributed by atoms with Crippen molar-refractivity contribution in [2.24, 2.45) is 0 Å². The zero-order chi connectivity index (χ0) is 13.5. The van der Waals surface area contributed by atoms with Crippen molar-refractivity contribution >= 4 is 5.97 Å². The van der Waals surface area contributed by atoms with Crippen LogP contribution in [0.15, 0.2) is 24.3 Å². The number of ether oxygens (including phenoxy) is 2. The SMILES string of the molecule is COc1cccc(OCC(CC(=O)O)N(C)C)c1. The number of benzene rings is 1. The van der Waals surface area contributed by atoms with Crippen molar-refractivity contribution in [2.75, 3.05) is 27.8 Å². The first-order chi connectivity index (χ1) is 8.52. The van der Waals surface area contributed by atoms with Gasteiger partial charge in [-0.1, -0.05) is 6.07 Å². The Kier molecular flexibility index (Phi) is 5.45. The van der Waals surface area contributed by atoms with Crippen LogP contribution in [-0.2, 0) is 4.79 Å². The van der Waals surface area contributed by atoms with Gasteiger partial charge in [-0.3, -0.25) is 4.79 Å². The third kappa shape index (κ3) is 4.63. The van der Waals surface area contributed by atoms with Crippen molar-refractivity contribution in [1.29, 1.82) is 0 Å². The third-order valence-electron chi connectivity index (χ3n) is 2.62. The van der Waals surface area contributed by atoms with Crippen molar-refractivity contribution in [3.8, 4) is 11.5 Å². The Hall–Kier alpha value is -1.75. The highest BCUT2D eigenvalue weighted by molar-refractivity contribution is 5.67. The van der Waals surface area contributed by atoms with Gasteiger partial charge in [0.15, 0.2) is 0 Å². The molecule has 0 amide bonds. The molecule has 0 spiro atoms. The van der Waals surface area contributed by atoms with Gasteiger partial charge in [0.25, 0.3) is 0 Å². The average molecular weight is 253 g/mol. The van der Waals surface area contributed by atoms with Gasteiger partial charge in [0.05, 0.1) is 19.6 Å². The molecule has 0 bridgehead atoms. The first-order valence-electron chi connectivity index (χ1n) is 5.68. The van der Waals surface area contributed by atoms with E-state index in [1.54, 1.807) is 13.2 Å². The lowest BCUT2D eigenvalue weighted by atomic mass is 10.2. The molecule has 1 unspecified atom stereocenters. The van der Waals surface area contributed by atoms with E-state index in [0.717, 1.165) is 0 Å². The summed E-state index contributed by atoms with van der Waals surface area (Å²) in [6, 6.07) is 7.08. The van der Waals surface area contributed by atoms with Gasteiger partial charge in [-0.2, -0.15) is 0 Å². The van der Waals surface area contributed by atoms with Crippen molar-refractivity contribution in [1.82, 2.24) is 4.90 Å². The molecule has 1 rings (SSSR count). The summed E-state index contributed by atoms with van der Waals surface area (Å²) < 4.78 is 10.7. The highest BCUT2D eigenvalue weighted by atomic mass is 16.5. The normalized spacial score (nSPS) is 12.2. The molecule has 1 aromatic carbocycles. The number of likely N-dealkylation sites (N-methyl/N-ethyl adjacent to an activating group) is 1. The minimum Gasteiger partial charge on any atom is -0.497 e. The Bertz CT molecular complexity index is 392. The number of hydrogen-bond donors (Lipinski definition) is 1. The van der Waals surface area contributed by atoms with Crippen LogP contribution in [0.5, 0.6) is 11.5 Å². The molecule has 0 aliphatic rings. The molecular weight excluding hydrogens is 234 g/mol. The van der Waals surface area contributed by atoms with Crippen LogP contribution >= 0.6 is 0 Å². The van der Waals surface area contributed by atoms with Gasteiger partial charge in [-0.15, -0.1) is 0 Å². The molecular formula is C13H19NO4. The van der Waals surface area contributed by atoms with E-state index >= 15 is 0 Å². The smallest absolute Gasteiger partial charge is 0.305 e. The molecule has 0 heterocycles. The summed E-state index contributed by atoms with van der Waals surface area (Å²) in [5.74, 6) is 0.557. The van der Waals surface area contributed by atoms with Crippen LogP contribution in [0.3, 0.4) is 0 Å². The minimum atomic E-state index is -0.831. The molecule has 0 radical (unpaired) electrons. The Morgan fingerprint density at radius 3 is 2.61 bits per heavy atom. The topological polar surface area (TPSA) is 59.0 Å². The fraction of sp³-hybridized carbons (Fsp3) is 0.462. The second kappa shape index (κ2) is 6.86. The molecule has 1 N–H and O–H groups in total. The first kappa shape index (κ1) is 14.3. The monoisotopic (exact) mass is 253 g/mol. The third-order valence-corrected chi connectivity index (χ3v) is 2.62. The van der Waals surface area contributed by atoms with E-state index in [0.29, 0.717) is 18.1 Å². The predicted octanol–water partition coefficient (Wildman–Crippen LogP) is 1.48. The van der Waals surface area contributed by atoms with Gasteiger partial charge in [-0.05, 0) is 26.2 Å². The quantitative estimate of drug-likeness (QED) is 0.797. The molecule has 5 heteroatoms. The molecule has 1 atom stereocenters. The Morgan fingerprint density at radius 2 is 2.06 bits per heavy atom. The van der Waals surface area contributed by atoms with Crippen LogP contribution in [0, 0.1) is 0 Å². The van der Waals surface area contributed by atoms with Crippen LogP contribution in [0.4, 0.5) is 0 Å². The van der Waals surface area contributed by atoms with Gasteiger partial charge in [-0.25, -0.2) is 0 Å². The molecule has 0 aliphatic heterocycles. The fourth-order valence-corrected chi connectivity index (χ4v) is 1.48. The number of hydrogen-bond acceptors (Lipinski definition) is 4. The number of rotatable bonds is 7. The van der Waals surface area contributed by atoms with Gasteiger partial charge < -0.3 is 19.5 Å². The van der Waals surface area contributed by atoms with Crippen LogP contribution in [0.1, 0.15) is 6.42 Å². The van der Waals surface area contributed by atoms with Crippen LogP contribution in [0.2, 0.25) is 0 Å². The van der Waals surface area contributed by atoms with E-state index < -0.39 is 5.97 Å².